The van der Waals surface area contributed by atoms with Crippen LogP contribution in [0.4, 0.5) is 0 Å². The van der Waals surface area contributed by atoms with Gasteiger partial charge in [0.25, 0.3) is 0 Å². The van der Waals surface area contributed by atoms with Crippen LogP contribution in [0.1, 0.15) is 153 Å². The minimum Gasteiger partial charge on any atom is -0.318 e. The molecule has 17 nitrogen and oxygen atoms in total. The van der Waals surface area contributed by atoms with Gasteiger partial charge in [-0.2, -0.15) is 9.90 Å². The minimum atomic E-state index is 0.311. The van der Waals surface area contributed by atoms with Crippen molar-refractivity contribution in [1.82, 2.24) is 84.9 Å². The van der Waals surface area contributed by atoms with Gasteiger partial charge in [0.1, 0.15) is 31.1 Å². The van der Waals surface area contributed by atoms with Crippen LogP contribution in [0.15, 0.2) is 37.7 Å². The molecule has 0 radical (unpaired) electrons. The van der Waals surface area contributed by atoms with E-state index in [0.717, 1.165) is 11.6 Å². The average molecular weight is 676 g/mol. The third-order valence-corrected chi connectivity index (χ3v) is 5.11. The Morgan fingerprint density at radius 1 is 0.562 bits per heavy atom. The SMILES string of the molecule is CC.CC.CC.CC(C)n1ccnn1.CC(C)n1cncn1.CC(C)n1cnnc1.Cc1nnn(C(C)C)n1.Cc1nnnn1C(C)C. The van der Waals surface area contributed by atoms with Gasteiger partial charge in [-0.15, -0.1) is 30.6 Å². The monoisotopic (exact) mass is 676 g/mol. The van der Waals surface area contributed by atoms with Gasteiger partial charge in [0.05, 0.1) is 18.3 Å². The molecule has 0 amide bonds. The maximum absolute atomic E-state index is 4.00. The zero-order valence-electron chi connectivity index (χ0n) is 33.0. The highest BCUT2D eigenvalue weighted by Crippen LogP contribution is 2.01. The van der Waals surface area contributed by atoms with Crippen molar-refractivity contribution in [3.63, 3.8) is 0 Å². The minimum absolute atomic E-state index is 0.311. The normalized spacial score (nSPS) is 9.56. The number of hydrogen-bond donors (Lipinski definition) is 0. The summed E-state index contributed by atoms with van der Waals surface area (Å²) in [6.45, 7) is 36.3. The predicted molar refractivity (Wildman–Crippen MR) is 191 cm³/mol. The number of aromatic nitrogens is 17. The number of rotatable bonds is 5. The van der Waals surface area contributed by atoms with Crippen LogP contribution in [0.25, 0.3) is 0 Å². The van der Waals surface area contributed by atoms with E-state index >= 15 is 0 Å². The molecule has 0 aliphatic rings. The van der Waals surface area contributed by atoms with Crippen molar-refractivity contribution in [3.8, 4) is 0 Å². The Morgan fingerprint density at radius 2 is 1.12 bits per heavy atom. The van der Waals surface area contributed by atoms with Crippen molar-refractivity contribution in [2.45, 2.75) is 155 Å². The summed E-state index contributed by atoms with van der Waals surface area (Å²) in [7, 11) is 0. The fourth-order valence-corrected chi connectivity index (χ4v) is 2.69. The van der Waals surface area contributed by atoms with Crippen LogP contribution in [0.5, 0.6) is 0 Å². The lowest BCUT2D eigenvalue weighted by molar-refractivity contribution is 0.454. The van der Waals surface area contributed by atoms with Crippen LogP contribution in [0.3, 0.4) is 0 Å². The topological polar surface area (TPSA) is 179 Å². The van der Waals surface area contributed by atoms with Crippen LogP contribution in [-0.2, 0) is 0 Å². The molecule has 0 bridgehead atoms. The van der Waals surface area contributed by atoms with Crippen LogP contribution in [-0.4, -0.2) is 84.9 Å². The lowest BCUT2D eigenvalue weighted by Crippen LogP contribution is -2.04. The lowest BCUT2D eigenvalue weighted by atomic mass is 10.4. The standard InChI is InChI=1S/2C5H10N4.3C5H9N3.3C2H6/c1-4(2)9-5(3)6-7-8-9;1-4(2)9-7-5(3)6-8-9;1-5(2)8-3-6-7-4-8;1-5(2)8-4-6-3-7-8;1-5(2)8-4-3-6-7-8;3*1-2/h2*4H,1-3H3;3*3-5H,1-2H3;3*1-2H3. The molecule has 0 saturated heterocycles. The Labute approximate surface area is 289 Å². The molecule has 0 saturated carbocycles. The smallest absolute Gasteiger partial charge is 0.171 e. The fourth-order valence-electron chi connectivity index (χ4n) is 2.69. The molecule has 0 atom stereocenters. The van der Waals surface area contributed by atoms with Gasteiger partial charge >= 0.3 is 0 Å². The maximum atomic E-state index is 4.00. The second kappa shape index (κ2) is 29.9. The third-order valence-electron chi connectivity index (χ3n) is 5.11. The van der Waals surface area contributed by atoms with Gasteiger partial charge in [-0.1, -0.05) is 46.8 Å². The zero-order chi connectivity index (χ0) is 37.7. The molecule has 274 valence electrons. The van der Waals surface area contributed by atoms with Gasteiger partial charge in [0.2, 0.25) is 0 Å². The molecule has 0 aliphatic heterocycles. The highest BCUT2D eigenvalue weighted by molar-refractivity contribution is 4.75. The Morgan fingerprint density at radius 3 is 1.33 bits per heavy atom. The molecule has 0 aromatic carbocycles. The van der Waals surface area contributed by atoms with E-state index in [4.69, 9.17) is 0 Å². The van der Waals surface area contributed by atoms with Crippen molar-refractivity contribution in [2.24, 2.45) is 0 Å². The maximum Gasteiger partial charge on any atom is 0.171 e. The van der Waals surface area contributed by atoms with Crippen molar-refractivity contribution in [3.05, 3.63) is 49.4 Å². The number of aryl methyl sites for hydroxylation is 2. The molecule has 5 aromatic rings. The molecule has 0 spiro atoms. The van der Waals surface area contributed by atoms with Gasteiger partial charge in [-0.25, -0.2) is 9.67 Å². The first-order valence-corrected chi connectivity index (χ1v) is 16.9. The molecule has 5 heterocycles. The summed E-state index contributed by atoms with van der Waals surface area (Å²) >= 11 is 0. The van der Waals surface area contributed by atoms with E-state index in [1.54, 1.807) is 50.3 Å². The quantitative estimate of drug-likeness (QED) is 0.191. The van der Waals surface area contributed by atoms with Crippen molar-refractivity contribution >= 4 is 0 Å². The fraction of sp³-hybridized carbons (Fsp3) is 0.742. The lowest BCUT2D eigenvalue weighted by Gasteiger charge is -2.02. The van der Waals surface area contributed by atoms with Gasteiger partial charge < -0.3 is 4.57 Å². The van der Waals surface area contributed by atoms with E-state index in [1.165, 1.54) is 0 Å². The first-order valence-electron chi connectivity index (χ1n) is 16.9. The van der Waals surface area contributed by atoms with E-state index in [0.29, 0.717) is 30.2 Å². The van der Waals surface area contributed by atoms with Gasteiger partial charge in [-0.3, -0.25) is 9.36 Å². The molecular weight excluding hydrogens is 610 g/mol. The molecule has 48 heavy (non-hydrogen) atoms. The van der Waals surface area contributed by atoms with Crippen molar-refractivity contribution in [2.75, 3.05) is 0 Å². The Balaban J connectivity index is -0.000000507. The van der Waals surface area contributed by atoms with E-state index in [2.05, 4.69) is 103 Å². The molecule has 0 N–H and O–H groups in total. The molecule has 17 heteroatoms. The zero-order valence-corrected chi connectivity index (χ0v) is 33.0. The number of nitrogens with zero attached hydrogens (tertiary/aromatic N) is 17. The van der Waals surface area contributed by atoms with Crippen LogP contribution >= 0.6 is 0 Å². The molecule has 0 aliphatic carbocycles. The van der Waals surface area contributed by atoms with E-state index < -0.39 is 0 Å². The molecule has 0 unspecified atom stereocenters. The second-order valence-corrected chi connectivity index (χ2v) is 10.5. The van der Waals surface area contributed by atoms with Crippen molar-refractivity contribution in [1.29, 1.82) is 0 Å². The predicted octanol–water partition coefficient (Wildman–Crippen LogP) is 6.78. The van der Waals surface area contributed by atoms with Gasteiger partial charge in [-0.05, 0) is 98.7 Å². The first kappa shape index (κ1) is 48.0. The summed E-state index contributed by atoms with van der Waals surface area (Å²) in [5.74, 6) is 1.59. The average Bonchev–Trinajstić information content (AvgIpc) is 3.91. The largest absolute Gasteiger partial charge is 0.318 e. The number of hydrogen-bond acceptors (Lipinski definition) is 12. The van der Waals surface area contributed by atoms with Gasteiger partial charge in [0.15, 0.2) is 5.82 Å². The Hall–Kier alpha value is -4.44. The van der Waals surface area contributed by atoms with Crippen LogP contribution in [0, 0.1) is 13.8 Å². The molecule has 0 fully saturated rings. The summed E-state index contributed by atoms with van der Waals surface area (Å²) in [4.78, 5) is 5.39. The summed E-state index contributed by atoms with van der Waals surface area (Å²) in [6.07, 6.45) is 10.2. The van der Waals surface area contributed by atoms with Gasteiger partial charge in [0, 0.05) is 24.3 Å². The first-order chi connectivity index (χ1) is 22.8. The third kappa shape index (κ3) is 22.1. The van der Waals surface area contributed by atoms with E-state index in [-0.39, 0.29) is 0 Å². The Kier molecular flexibility index (Phi) is 29.9. The molecule has 5 aromatic heterocycles. The summed E-state index contributed by atoms with van der Waals surface area (Å²) in [5, 5.41) is 41.2. The van der Waals surface area contributed by atoms with E-state index in [9.17, 15) is 0 Å². The van der Waals surface area contributed by atoms with Crippen molar-refractivity contribution < 1.29 is 0 Å². The second-order valence-electron chi connectivity index (χ2n) is 10.5. The highest BCUT2D eigenvalue weighted by atomic mass is 15.6. The van der Waals surface area contributed by atoms with Crippen LogP contribution < -0.4 is 0 Å². The summed E-state index contributed by atoms with van der Waals surface area (Å²) < 4.78 is 7.33. The molecular formula is C31H65N17. The Bertz CT molecular complexity index is 1190. The summed E-state index contributed by atoms with van der Waals surface area (Å²) in [5.41, 5.74) is 0. The van der Waals surface area contributed by atoms with Crippen LogP contribution in [0.2, 0.25) is 0 Å². The molecule has 5 rings (SSSR count). The summed E-state index contributed by atoms with van der Waals surface area (Å²) in [6, 6.07) is 2.01. The number of tetrazole rings is 2. The van der Waals surface area contributed by atoms with E-state index in [1.807, 2.05) is 93.8 Å². The highest BCUT2D eigenvalue weighted by Gasteiger charge is 2.02.